The second-order valence-electron chi connectivity index (χ2n) is 4.94. The first-order valence-corrected chi connectivity index (χ1v) is 9.05. The number of nitrogens with zero attached hydrogens (tertiary/aromatic N) is 1. The van der Waals surface area contributed by atoms with Crippen molar-refractivity contribution in [2.45, 2.75) is 18.7 Å². The molecule has 0 radical (unpaired) electrons. The van der Waals surface area contributed by atoms with Crippen LogP contribution in [-0.2, 0) is 10.0 Å². The Morgan fingerprint density at radius 2 is 1.58 bits per heavy atom. The SMILES string of the molecule is CCN(CC)S(=O)(=O)c1ccc(NC(=O)Oc2ccccc2)cc1. The molecule has 0 saturated carbocycles. The maximum Gasteiger partial charge on any atom is 0.417 e. The number of sulfonamides is 1. The molecule has 6 nitrogen and oxygen atoms in total. The van der Waals surface area contributed by atoms with Gasteiger partial charge in [-0.25, -0.2) is 13.2 Å². The molecule has 128 valence electrons. The number of hydrogen-bond acceptors (Lipinski definition) is 4. The number of carbonyl (C=O) groups excluding carboxylic acids is 1. The Kier molecular flexibility index (Phi) is 5.94. The van der Waals surface area contributed by atoms with E-state index in [-0.39, 0.29) is 4.90 Å². The highest BCUT2D eigenvalue weighted by atomic mass is 32.2. The third-order valence-electron chi connectivity index (χ3n) is 3.40. The van der Waals surface area contributed by atoms with Crippen LogP contribution in [-0.4, -0.2) is 31.9 Å². The highest BCUT2D eigenvalue weighted by Gasteiger charge is 2.21. The van der Waals surface area contributed by atoms with Gasteiger partial charge in [-0.15, -0.1) is 0 Å². The Bertz CT molecular complexity index is 770. The van der Waals surface area contributed by atoms with E-state index in [1.165, 1.54) is 28.6 Å². The minimum Gasteiger partial charge on any atom is -0.410 e. The van der Waals surface area contributed by atoms with Crippen molar-refractivity contribution < 1.29 is 17.9 Å². The smallest absolute Gasteiger partial charge is 0.410 e. The van der Waals surface area contributed by atoms with E-state index in [2.05, 4.69) is 5.32 Å². The molecule has 2 rings (SSSR count). The van der Waals surface area contributed by atoms with Crippen LogP contribution in [0.4, 0.5) is 10.5 Å². The van der Waals surface area contributed by atoms with E-state index in [0.717, 1.165) is 0 Å². The fourth-order valence-electron chi connectivity index (χ4n) is 2.16. The Morgan fingerprint density at radius 3 is 2.12 bits per heavy atom. The van der Waals surface area contributed by atoms with E-state index < -0.39 is 16.1 Å². The number of para-hydroxylation sites is 1. The predicted octanol–water partition coefficient (Wildman–Crippen LogP) is 3.33. The maximum atomic E-state index is 12.4. The first-order chi connectivity index (χ1) is 11.5. The van der Waals surface area contributed by atoms with Crippen molar-refractivity contribution >= 4 is 21.8 Å². The number of amides is 1. The van der Waals surface area contributed by atoms with Crippen molar-refractivity contribution in [2.24, 2.45) is 0 Å². The molecule has 1 amide bonds. The summed E-state index contributed by atoms with van der Waals surface area (Å²) in [6.07, 6.45) is -0.638. The van der Waals surface area contributed by atoms with Crippen molar-refractivity contribution in [3.8, 4) is 5.75 Å². The van der Waals surface area contributed by atoms with Crippen LogP contribution in [0, 0.1) is 0 Å². The predicted molar refractivity (Wildman–Crippen MR) is 92.6 cm³/mol. The lowest BCUT2D eigenvalue weighted by atomic mass is 10.3. The minimum absolute atomic E-state index is 0.188. The second kappa shape index (κ2) is 7.94. The summed E-state index contributed by atoms with van der Waals surface area (Å²) in [5.41, 5.74) is 0.453. The maximum absolute atomic E-state index is 12.4. The summed E-state index contributed by atoms with van der Waals surface area (Å²) in [5, 5.41) is 2.56. The number of hydrogen-bond donors (Lipinski definition) is 1. The molecule has 0 aromatic heterocycles. The lowest BCUT2D eigenvalue weighted by Gasteiger charge is -2.18. The summed E-state index contributed by atoms with van der Waals surface area (Å²) in [7, 11) is -3.51. The van der Waals surface area contributed by atoms with Crippen LogP contribution in [0.1, 0.15) is 13.8 Å². The van der Waals surface area contributed by atoms with E-state index in [1.54, 1.807) is 38.1 Å². The van der Waals surface area contributed by atoms with Crippen LogP contribution in [0.15, 0.2) is 59.5 Å². The summed E-state index contributed by atoms with van der Waals surface area (Å²) >= 11 is 0. The van der Waals surface area contributed by atoms with Crippen molar-refractivity contribution in [2.75, 3.05) is 18.4 Å². The Labute approximate surface area is 142 Å². The minimum atomic E-state index is -3.51. The van der Waals surface area contributed by atoms with Gasteiger partial charge in [0.2, 0.25) is 10.0 Å². The number of nitrogens with one attached hydrogen (secondary N) is 1. The van der Waals surface area contributed by atoms with Gasteiger partial charge in [-0.1, -0.05) is 32.0 Å². The quantitative estimate of drug-likeness (QED) is 0.869. The molecule has 2 aromatic carbocycles. The molecule has 0 spiro atoms. The first-order valence-electron chi connectivity index (χ1n) is 7.61. The van der Waals surface area contributed by atoms with Gasteiger partial charge < -0.3 is 4.74 Å². The van der Waals surface area contributed by atoms with Crippen molar-refractivity contribution in [1.82, 2.24) is 4.31 Å². The molecule has 0 atom stereocenters. The third-order valence-corrected chi connectivity index (χ3v) is 5.46. The van der Waals surface area contributed by atoms with Crippen LogP contribution in [0.2, 0.25) is 0 Å². The Hall–Kier alpha value is -2.38. The molecule has 7 heteroatoms. The van der Waals surface area contributed by atoms with E-state index in [9.17, 15) is 13.2 Å². The molecule has 0 saturated heterocycles. The first kappa shape index (κ1) is 18.0. The standard InChI is InChI=1S/C17H20N2O4S/c1-3-19(4-2)24(21,22)16-12-10-14(11-13-16)18-17(20)23-15-8-6-5-7-9-15/h5-13H,3-4H2,1-2H3,(H,18,20). The molecule has 0 aliphatic carbocycles. The normalized spacial score (nSPS) is 11.3. The zero-order valence-corrected chi connectivity index (χ0v) is 14.4. The second-order valence-corrected chi connectivity index (χ2v) is 6.88. The Balaban J connectivity index is 2.05. The number of benzene rings is 2. The topological polar surface area (TPSA) is 75.7 Å². The zero-order valence-electron chi connectivity index (χ0n) is 13.6. The van der Waals surface area contributed by atoms with Crippen LogP contribution in [0.25, 0.3) is 0 Å². The van der Waals surface area contributed by atoms with Crippen molar-refractivity contribution in [3.63, 3.8) is 0 Å². The molecule has 1 N–H and O–H groups in total. The van der Waals surface area contributed by atoms with Crippen molar-refractivity contribution in [3.05, 3.63) is 54.6 Å². The van der Waals surface area contributed by atoms with Crippen molar-refractivity contribution in [1.29, 1.82) is 0 Å². The molecule has 0 aliphatic rings. The molecule has 0 bridgehead atoms. The fourth-order valence-corrected chi connectivity index (χ4v) is 3.62. The molecule has 0 heterocycles. The molecule has 24 heavy (non-hydrogen) atoms. The summed E-state index contributed by atoms with van der Waals surface area (Å²) in [4.78, 5) is 12.0. The highest BCUT2D eigenvalue weighted by molar-refractivity contribution is 7.89. The zero-order chi connectivity index (χ0) is 17.6. The summed E-state index contributed by atoms with van der Waals surface area (Å²) in [6.45, 7) is 4.39. The van der Waals surface area contributed by atoms with Gasteiger partial charge in [0.1, 0.15) is 5.75 Å². The number of rotatable bonds is 6. The lowest BCUT2D eigenvalue weighted by molar-refractivity contribution is 0.215. The van der Waals surface area contributed by atoms with Crippen LogP contribution < -0.4 is 10.1 Å². The monoisotopic (exact) mass is 348 g/mol. The lowest BCUT2D eigenvalue weighted by Crippen LogP contribution is -2.30. The van der Waals surface area contributed by atoms with Gasteiger partial charge in [-0.3, -0.25) is 5.32 Å². The van der Waals surface area contributed by atoms with Gasteiger partial charge in [-0.2, -0.15) is 4.31 Å². The molecule has 0 fully saturated rings. The average molecular weight is 348 g/mol. The van der Waals surface area contributed by atoms with E-state index in [1.807, 2.05) is 6.07 Å². The summed E-state index contributed by atoms with van der Waals surface area (Å²) < 4.78 is 31.3. The van der Waals surface area contributed by atoms with E-state index in [4.69, 9.17) is 4.74 Å². The summed E-state index contributed by atoms with van der Waals surface area (Å²) in [5.74, 6) is 0.427. The number of ether oxygens (including phenoxy) is 1. The molecule has 0 unspecified atom stereocenters. The van der Waals surface area contributed by atoms with E-state index in [0.29, 0.717) is 24.5 Å². The average Bonchev–Trinajstić information content (AvgIpc) is 2.57. The van der Waals surface area contributed by atoms with Crippen LogP contribution >= 0.6 is 0 Å². The third kappa shape index (κ3) is 4.33. The van der Waals surface area contributed by atoms with E-state index >= 15 is 0 Å². The van der Waals surface area contributed by atoms with Gasteiger partial charge in [0, 0.05) is 18.8 Å². The van der Waals surface area contributed by atoms with Gasteiger partial charge in [0.25, 0.3) is 0 Å². The van der Waals surface area contributed by atoms with Gasteiger partial charge in [0.15, 0.2) is 0 Å². The molecule has 2 aromatic rings. The van der Waals surface area contributed by atoms with Gasteiger partial charge in [-0.05, 0) is 36.4 Å². The Morgan fingerprint density at radius 1 is 1.00 bits per heavy atom. The number of carbonyl (C=O) groups is 1. The molecular formula is C17H20N2O4S. The van der Waals surface area contributed by atoms with Crippen LogP contribution in [0.5, 0.6) is 5.75 Å². The van der Waals surface area contributed by atoms with Gasteiger partial charge in [0.05, 0.1) is 4.90 Å². The fraction of sp³-hybridized carbons (Fsp3) is 0.235. The molecular weight excluding hydrogens is 328 g/mol. The highest BCUT2D eigenvalue weighted by Crippen LogP contribution is 2.18. The van der Waals surface area contributed by atoms with Gasteiger partial charge >= 0.3 is 6.09 Å². The number of anilines is 1. The summed E-state index contributed by atoms with van der Waals surface area (Å²) in [6, 6.07) is 14.7. The largest absolute Gasteiger partial charge is 0.417 e. The molecule has 0 aliphatic heterocycles. The van der Waals surface area contributed by atoms with Crippen LogP contribution in [0.3, 0.4) is 0 Å².